The van der Waals surface area contributed by atoms with Crippen LogP contribution in [0, 0.1) is 0 Å². The molecule has 0 aromatic carbocycles. The van der Waals surface area contributed by atoms with Crippen molar-refractivity contribution in [3.8, 4) is 0 Å². The number of rotatable bonds is 16. The number of carbonyl (C=O) groups excluding carboxylic acids is 1. The minimum atomic E-state index is -0.573. The predicted octanol–water partition coefficient (Wildman–Crippen LogP) is 5.78. The molecule has 0 amide bonds. The highest BCUT2D eigenvalue weighted by Gasteiger charge is 2.17. The lowest BCUT2D eigenvalue weighted by Gasteiger charge is -2.19. The topological polar surface area (TPSA) is 46.5 Å². The summed E-state index contributed by atoms with van der Waals surface area (Å²) in [6.07, 6.45) is 17.1. The maximum atomic E-state index is 11.0. The highest BCUT2D eigenvalue weighted by atomic mass is 16.6. The van der Waals surface area contributed by atoms with Crippen molar-refractivity contribution in [1.82, 2.24) is 0 Å². The van der Waals surface area contributed by atoms with Crippen LogP contribution >= 0.6 is 0 Å². The summed E-state index contributed by atoms with van der Waals surface area (Å²) in [5.74, 6) is -0.300. The maximum absolute atomic E-state index is 11.0. The zero-order valence-corrected chi connectivity index (χ0v) is 15.8. The van der Waals surface area contributed by atoms with E-state index in [0.717, 1.165) is 12.8 Å². The third-order valence-electron chi connectivity index (χ3n) is 4.45. The number of unbranched alkanes of at least 4 members (excludes halogenated alkanes) is 12. The van der Waals surface area contributed by atoms with Crippen molar-refractivity contribution in [1.29, 1.82) is 0 Å². The van der Waals surface area contributed by atoms with Gasteiger partial charge in [-0.05, 0) is 19.8 Å². The van der Waals surface area contributed by atoms with E-state index >= 15 is 0 Å². The molecule has 0 saturated carbocycles. The Morgan fingerprint density at radius 3 is 1.57 bits per heavy atom. The monoisotopic (exact) mass is 328 g/mol. The van der Waals surface area contributed by atoms with Gasteiger partial charge in [0.05, 0.1) is 6.10 Å². The van der Waals surface area contributed by atoms with Crippen LogP contribution in [0.4, 0.5) is 0 Å². The zero-order valence-electron chi connectivity index (χ0n) is 15.8. The number of aliphatic hydroxyl groups is 1. The molecule has 0 fully saturated rings. The Morgan fingerprint density at radius 1 is 0.826 bits per heavy atom. The van der Waals surface area contributed by atoms with Gasteiger partial charge < -0.3 is 9.84 Å². The Balaban J connectivity index is 3.30. The fourth-order valence-corrected chi connectivity index (χ4v) is 2.98. The molecule has 0 aromatic heterocycles. The van der Waals surface area contributed by atoms with Crippen molar-refractivity contribution in [3.63, 3.8) is 0 Å². The largest absolute Gasteiger partial charge is 0.460 e. The van der Waals surface area contributed by atoms with Crippen LogP contribution in [0.3, 0.4) is 0 Å². The second-order valence-electron chi connectivity index (χ2n) is 6.92. The van der Waals surface area contributed by atoms with Gasteiger partial charge in [0, 0.05) is 6.92 Å². The summed E-state index contributed by atoms with van der Waals surface area (Å²) in [6, 6.07) is 0. The number of hydrogen-bond acceptors (Lipinski definition) is 3. The number of esters is 1. The molecule has 1 N–H and O–H groups in total. The van der Waals surface area contributed by atoms with Crippen LogP contribution < -0.4 is 0 Å². The van der Waals surface area contributed by atoms with Crippen LogP contribution in [0.2, 0.25) is 0 Å². The minimum absolute atomic E-state index is 0.300. The van der Waals surface area contributed by atoms with Gasteiger partial charge in [0.25, 0.3) is 0 Å². The Labute approximate surface area is 144 Å². The van der Waals surface area contributed by atoms with E-state index in [-0.39, 0.29) is 12.1 Å². The Kier molecular flexibility index (Phi) is 15.9. The standard InChI is InChI=1S/C20H40O3/c1-4-5-6-7-8-9-10-11-12-13-14-15-16-17-20(18(2)21)23-19(3)22/h18,20-21H,4-17H2,1-3H3. The van der Waals surface area contributed by atoms with E-state index in [9.17, 15) is 9.90 Å². The van der Waals surface area contributed by atoms with E-state index in [4.69, 9.17) is 4.74 Å². The summed E-state index contributed by atoms with van der Waals surface area (Å²) < 4.78 is 5.13. The van der Waals surface area contributed by atoms with Crippen LogP contribution in [-0.2, 0) is 9.53 Å². The average molecular weight is 329 g/mol. The lowest BCUT2D eigenvalue weighted by atomic mass is 10.0. The molecule has 0 heterocycles. The lowest BCUT2D eigenvalue weighted by molar-refractivity contribution is -0.152. The summed E-state index contributed by atoms with van der Waals surface area (Å²) in [5, 5.41) is 9.58. The Morgan fingerprint density at radius 2 is 1.22 bits per heavy atom. The van der Waals surface area contributed by atoms with Gasteiger partial charge in [-0.2, -0.15) is 0 Å². The Hall–Kier alpha value is -0.570. The first kappa shape index (κ1) is 22.4. The van der Waals surface area contributed by atoms with Gasteiger partial charge in [-0.25, -0.2) is 0 Å². The molecule has 3 nitrogen and oxygen atoms in total. The van der Waals surface area contributed by atoms with Crippen molar-refractivity contribution in [2.45, 2.75) is 123 Å². The van der Waals surface area contributed by atoms with Gasteiger partial charge in [0.1, 0.15) is 6.10 Å². The molecule has 0 aliphatic heterocycles. The molecule has 0 radical (unpaired) electrons. The number of hydrogen-bond donors (Lipinski definition) is 1. The summed E-state index contributed by atoms with van der Waals surface area (Å²) >= 11 is 0. The molecule has 0 rings (SSSR count). The van der Waals surface area contributed by atoms with Gasteiger partial charge in [-0.3, -0.25) is 4.79 Å². The molecule has 138 valence electrons. The van der Waals surface area contributed by atoms with Crippen molar-refractivity contribution < 1.29 is 14.6 Å². The fourth-order valence-electron chi connectivity index (χ4n) is 2.98. The number of ether oxygens (including phenoxy) is 1. The molecular weight excluding hydrogens is 288 g/mol. The molecular formula is C20H40O3. The van der Waals surface area contributed by atoms with Gasteiger partial charge in [0.15, 0.2) is 0 Å². The van der Waals surface area contributed by atoms with Crippen LogP contribution in [0.5, 0.6) is 0 Å². The SMILES string of the molecule is CCCCCCCCCCCCCCCC(OC(C)=O)C(C)O. The first-order chi connectivity index (χ1) is 11.1. The van der Waals surface area contributed by atoms with E-state index in [1.54, 1.807) is 6.92 Å². The molecule has 2 unspecified atom stereocenters. The van der Waals surface area contributed by atoms with Crippen molar-refractivity contribution >= 4 is 5.97 Å². The third kappa shape index (κ3) is 16.1. The van der Waals surface area contributed by atoms with Crippen LogP contribution in [0.25, 0.3) is 0 Å². The maximum Gasteiger partial charge on any atom is 0.302 e. The minimum Gasteiger partial charge on any atom is -0.460 e. The molecule has 23 heavy (non-hydrogen) atoms. The molecule has 2 atom stereocenters. The zero-order chi connectivity index (χ0) is 17.3. The Bertz CT molecular complexity index is 264. The molecule has 0 spiro atoms. The van der Waals surface area contributed by atoms with Gasteiger partial charge in [-0.1, -0.05) is 84.0 Å². The molecule has 0 aromatic rings. The quantitative estimate of drug-likeness (QED) is 0.288. The van der Waals surface area contributed by atoms with Crippen molar-refractivity contribution in [2.75, 3.05) is 0 Å². The summed E-state index contributed by atoms with van der Waals surface area (Å²) in [4.78, 5) is 11.0. The van der Waals surface area contributed by atoms with Gasteiger partial charge in [-0.15, -0.1) is 0 Å². The van der Waals surface area contributed by atoms with Crippen LogP contribution in [0.15, 0.2) is 0 Å². The van der Waals surface area contributed by atoms with Gasteiger partial charge >= 0.3 is 5.97 Å². The molecule has 0 bridgehead atoms. The predicted molar refractivity (Wildman–Crippen MR) is 97.5 cm³/mol. The molecule has 0 aliphatic carbocycles. The van der Waals surface area contributed by atoms with Crippen molar-refractivity contribution in [2.24, 2.45) is 0 Å². The van der Waals surface area contributed by atoms with Crippen molar-refractivity contribution in [3.05, 3.63) is 0 Å². The number of aliphatic hydroxyl groups excluding tert-OH is 1. The molecule has 0 saturated heterocycles. The second-order valence-corrected chi connectivity index (χ2v) is 6.92. The first-order valence-electron chi connectivity index (χ1n) is 9.93. The van der Waals surface area contributed by atoms with E-state index in [1.807, 2.05) is 0 Å². The number of carbonyl (C=O) groups is 1. The van der Waals surface area contributed by atoms with E-state index < -0.39 is 6.10 Å². The first-order valence-corrected chi connectivity index (χ1v) is 9.93. The summed E-state index contributed by atoms with van der Waals surface area (Å²) in [6.45, 7) is 5.36. The second kappa shape index (κ2) is 16.3. The lowest BCUT2D eigenvalue weighted by Crippen LogP contribution is -2.28. The van der Waals surface area contributed by atoms with E-state index in [0.29, 0.717) is 0 Å². The highest BCUT2D eigenvalue weighted by Crippen LogP contribution is 2.15. The molecule has 3 heteroatoms. The van der Waals surface area contributed by atoms with E-state index in [2.05, 4.69) is 6.92 Å². The van der Waals surface area contributed by atoms with Gasteiger partial charge in [0.2, 0.25) is 0 Å². The average Bonchev–Trinajstić information content (AvgIpc) is 2.50. The van der Waals surface area contributed by atoms with Crippen LogP contribution in [0.1, 0.15) is 111 Å². The molecule has 0 aliphatic rings. The van der Waals surface area contributed by atoms with E-state index in [1.165, 1.54) is 84.0 Å². The summed E-state index contributed by atoms with van der Waals surface area (Å²) in [7, 11) is 0. The smallest absolute Gasteiger partial charge is 0.302 e. The highest BCUT2D eigenvalue weighted by molar-refractivity contribution is 5.66. The summed E-state index contributed by atoms with van der Waals surface area (Å²) in [5.41, 5.74) is 0. The normalized spacial score (nSPS) is 13.7. The van der Waals surface area contributed by atoms with Crippen LogP contribution in [-0.4, -0.2) is 23.3 Å². The fraction of sp³-hybridized carbons (Fsp3) is 0.950. The third-order valence-corrected chi connectivity index (χ3v) is 4.45.